The third-order valence-electron chi connectivity index (χ3n) is 4.40. The molecule has 1 unspecified atom stereocenters. The van der Waals surface area contributed by atoms with Crippen LogP contribution in [0.2, 0.25) is 0 Å². The zero-order valence-electron chi connectivity index (χ0n) is 11.3. The lowest BCUT2D eigenvalue weighted by Gasteiger charge is -2.25. The number of hydrazine groups is 1. The lowest BCUT2D eigenvalue weighted by molar-refractivity contribution is -0.136. The van der Waals surface area contributed by atoms with Crippen LogP contribution in [-0.2, 0) is 4.79 Å². The van der Waals surface area contributed by atoms with Crippen LogP contribution in [0, 0.1) is 5.92 Å². The van der Waals surface area contributed by atoms with Crippen LogP contribution in [0.3, 0.4) is 0 Å². The van der Waals surface area contributed by atoms with Gasteiger partial charge >= 0.3 is 0 Å². The molecular formula is C16H22N2O. The fraction of sp³-hybridized carbons (Fsp3) is 0.562. The minimum Gasteiger partial charge on any atom is -0.273 e. The van der Waals surface area contributed by atoms with E-state index >= 15 is 0 Å². The molecule has 1 saturated carbocycles. The van der Waals surface area contributed by atoms with Crippen LogP contribution in [0.1, 0.15) is 50.1 Å². The molecule has 1 heterocycles. The lowest BCUT2D eigenvalue weighted by atomic mass is 10.0. The maximum Gasteiger partial charge on any atom is 0.237 e. The van der Waals surface area contributed by atoms with Crippen molar-refractivity contribution in [1.82, 2.24) is 10.4 Å². The van der Waals surface area contributed by atoms with E-state index in [0.29, 0.717) is 5.92 Å². The van der Waals surface area contributed by atoms with Gasteiger partial charge in [-0.05, 0) is 30.7 Å². The Kier molecular flexibility index (Phi) is 3.83. The second-order valence-corrected chi connectivity index (χ2v) is 5.74. The van der Waals surface area contributed by atoms with Gasteiger partial charge in [-0.1, -0.05) is 43.2 Å². The van der Waals surface area contributed by atoms with Crippen LogP contribution < -0.4 is 5.43 Å². The standard InChI is InChI=1S/C16H22N2O/c19-16(12-13-6-4-5-7-13)18-15(10-11-17-18)14-8-2-1-3-9-14/h1-3,8-9,13,15,17H,4-7,10-12H2. The number of amides is 1. The zero-order chi connectivity index (χ0) is 13.1. The SMILES string of the molecule is O=C(CC1CCCC1)N1NCCC1c1ccccc1. The Morgan fingerprint density at radius 1 is 1.16 bits per heavy atom. The quantitative estimate of drug-likeness (QED) is 0.903. The van der Waals surface area contributed by atoms with Crippen LogP contribution >= 0.6 is 0 Å². The normalized spacial score (nSPS) is 24.0. The van der Waals surface area contributed by atoms with Gasteiger partial charge in [0.15, 0.2) is 0 Å². The van der Waals surface area contributed by atoms with Gasteiger partial charge in [0, 0.05) is 13.0 Å². The Morgan fingerprint density at radius 3 is 2.63 bits per heavy atom. The maximum atomic E-state index is 12.4. The Hall–Kier alpha value is -1.35. The fourth-order valence-corrected chi connectivity index (χ4v) is 3.37. The third-order valence-corrected chi connectivity index (χ3v) is 4.40. The van der Waals surface area contributed by atoms with Crippen molar-refractivity contribution < 1.29 is 4.79 Å². The number of carbonyl (C=O) groups is 1. The average Bonchev–Trinajstić information content (AvgIpc) is 3.10. The molecule has 3 nitrogen and oxygen atoms in total. The van der Waals surface area contributed by atoms with Crippen molar-refractivity contribution in [3.8, 4) is 0 Å². The summed E-state index contributed by atoms with van der Waals surface area (Å²) in [4.78, 5) is 12.4. The van der Waals surface area contributed by atoms with Gasteiger partial charge in [-0.2, -0.15) is 0 Å². The van der Waals surface area contributed by atoms with E-state index in [2.05, 4.69) is 17.6 Å². The van der Waals surface area contributed by atoms with Crippen LogP contribution in [0.4, 0.5) is 0 Å². The first kappa shape index (κ1) is 12.7. The predicted molar refractivity (Wildman–Crippen MR) is 75.2 cm³/mol. The van der Waals surface area contributed by atoms with Gasteiger partial charge in [-0.3, -0.25) is 9.80 Å². The molecule has 102 valence electrons. The topological polar surface area (TPSA) is 32.3 Å². The van der Waals surface area contributed by atoms with Gasteiger partial charge in [-0.15, -0.1) is 0 Å². The molecule has 1 aliphatic carbocycles. The minimum absolute atomic E-state index is 0.218. The van der Waals surface area contributed by atoms with Gasteiger partial charge in [0.05, 0.1) is 6.04 Å². The van der Waals surface area contributed by atoms with Crippen molar-refractivity contribution in [3.63, 3.8) is 0 Å². The molecule has 0 bridgehead atoms. The molecule has 1 N–H and O–H groups in total. The van der Waals surface area contributed by atoms with Gasteiger partial charge < -0.3 is 0 Å². The molecule has 3 heteroatoms. The molecule has 0 radical (unpaired) electrons. The number of hydrogen-bond acceptors (Lipinski definition) is 2. The number of hydrogen-bond donors (Lipinski definition) is 1. The van der Waals surface area contributed by atoms with E-state index in [9.17, 15) is 4.79 Å². The molecule has 2 aliphatic rings. The van der Waals surface area contributed by atoms with Crippen molar-refractivity contribution in [2.45, 2.75) is 44.6 Å². The number of rotatable bonds is 3. The van der Waals surface area contributed by atoms with E-state index in [4.69, 9.17) is 0 Å². The molecule has 1 saturated heterocycles. The van der Waals surface area contributed by atoms with Crippen LogP contribution in [0.15, 0.2) is 30.3 Å². The highest BCUT2D eigenvalue weighted by molar-refractivity contribution is 5.76. The molecule has 2 fully saturated rings. The Labute approximate surface area is 115 Å². The molecule has 1 aliphatic heterocycles. The number of nitrogens with one attached hydrogen (secondary N) is 1. The molecule has 1 amide bonds. The Bertz CT molecular complexity index is 426. The molecule has 0 spiro atoms. The summed E-state index contributed by atoms with van der Waals surface area (Å²) >= 11 is 0. The highest BCUT2D eigenvalue weighted by Crippen LogP contribution is 2.31. The first-order valence-corrected chi connectivity index (χ1v) is 7.45. The summed E-state index contributed by atoms with van der Waals surface area (Å²) in [6.45, 7) is 0.899. The summed E-state index contributed by atoms with van der Waals surface area (Å²) in [5, 5.41) is 1.88. The maximum absolute atomic E-state index is 12.4. The summed E-state index contributed by atoms with van der Waals surface area (Å²) in [5.41, 5.74) is 4.51. The van der Waals surface area contributed by atoms with Gasteiger partial charge in [-0.25, -0.2) is 5.43 Å². The van der Waals surface area contributed by atoms with Crippen molar-refractivity contribution in [2.75, 3.05) is 6.54 Å². The lowest BCUT2D eigenvalue weighted by Crippen LogP contribution is -2.39. The van der Waals surface area contributed by atoms with E-state index in [-0.39, 0.29) is 11.9 Å². The summed E-state index contributed by atoms with van der Waals surface area (Å²) in [7, 11) is 0. The molecule has 1 atom stereocenters. The molecular weight excluding hydrogens is 236 g/mol. The van der Waals surface area contributed by atoms with Gasteiger partial charge in [0.25, 0.3) is 0 Å². The van der Waals surface area contributed by atoms with Crippen molar-refractivity contribution in [2.24, 2.45) is 5.92 Å². The molecule has 1 aromatic carbocycles. The highest BCUT2D eigenvalue weighted by atomic mass is 16.2. The Morgan fingerprint density at radius 2 is 1.89 bits per heavy atom. The van der Waals surface area contributed by atoms with Crippen molar-refractivity contribution in [3.05, 3.63) is 35.9 Å². The average molecular weight is 258 g/mol. The number of carbonyl (C=O) groups excluding carboxylic acids is 1. The zero-order valence-corrected chi connectivity index (χ0v) is 11.3. The van der Waals surface area contributed by atoms with Crippen LogP contribution in [0.25, 0.3) is 0 Å². The van der Waals surface area contributed by atoms with E-state index < -0.39 is 0 Å². The number of nitrogens with zero attached hydrogens (tertiary/aromatic N) is 1. The molecule has 3 rings (SSSR count). The largest absolute Gasteiger partial charge is 0.273 e. The fourth-order valence-electron chi connectivity index (χ4n) is 3.37. The van der Waals surface area contributed by atoms with E-state index in [0.717, 1.165) is 19.4 Å². The summed E-state index contributed by atoms with van der Waals surface area (Å²) in [6.07, 6.45) is 6.79. The van der Waals surface area contributed by atoms with Crippen molar-refractivity contribution >= 4 is 5.91 Å². The van der Waals surface area contributed by atoms with Gasteiger partial charge in [0.2, 0.25) is 5.91 Å². The smallest absolute Gasteiger partial charge is 0.237 e. The second-order valence-electron chi connectivity index (χ2n) is 5.74. The first-order chi connectivity index (χ1) is 9.34. The highest BCUT2D eigenvalue weighted by Gasteiger charge is 2.31. The summed E-state index contributed by atoms with van der Waals surface area (Å²) < 4.78 is 0. The first-order valence-electron chi connectivity index (χ1n) is 7.45. The predicted octanol–water partition coefficient (Wildman–Crippen LogP) is 3.04. The molecule has 1 aromatic rings. The third kappa shape index (κ3) is 2.81. The monoisotopic (exact) mass is 258 g/mol. The van der Waals surface area contributed by atoms with Gasteiger partial charge in [0.1, 0.15) is 0 Å². The number of benzene rings is 1. The van der Waals surface area contributed by atoms with Crippen LogP contribution in [0.5, 0.6) is 0 Å². The molecule has 19 heavy (non-hydrogen) atoms. The van der Waals surface area contributed by atoms with Crippen LogP contribution in [-0.4, -0.2) is 17.5 Å². The van der Waals surface area contributed by atoms with E-state index in [1.165, 1.54) is 31.2 Å². The molecule has 0 aromatic heterocycles. The van der Waals surface area contributed by atoms with E-state index in [1.54, 1.807) is 0 Å². The summed E-state index contributed by atoms with van der Waals surface area (Å²) in [6, 6.07) is 10.6. The summed E-state index contributed by atoms with van der Waals surface area (Å²) in [5.74, 6) is 0.893. The second kappa shape index (κ2) is 5.74. The van der Waals surface area contributed by atoms with Crippen molar-refractivity contribution in [1.29, 1.82) is 0 Å². The Balaban J connectivity index is 1.67. The minimum atomic E-state index is 0.218. The van der Waals surface area contributed by atoms with E-state index in [1.807, 2.05) is 23.2 Å².